The number of cyclic esters (lactones) is 1. The summed E-state index contributed by atoms with van der Waals surface area (Å²) in [6, 6.07) is 8.20. The molecule has 9 heteroatoms. The number of carbonyl (C=O) groups excluding carboxylic acids is 1. The number of hydrogen-bond donors (Lipinski definition) is 1. The molecule has 0 spiro atoms. The van der Waals surface area contributed by atoms with Gasteiger partial charge in [-0.1, -0.05) is 6.07 Å². The van der Waals surface area contributed by atoms with Gasteiger partial charge in [-0.2, -0.15) is 5.26 Å². The third-order valence-electron chi connectivity index (χ3n) is 6.52. The number of aromatic nitrogens is 3. The number of nitrogens with one attached hydrogen (secondary N) is 1. The smallest absolute Gasteiger partial charge is 0.338 e. The molecule has 5 rings (SSSR count). The van der Waals surface area contributed by atoms with Crippen molar-refractivity contribution in [3.8, 4) is 17.6 Å². The quantitative estimate of drug-likeness (QED) is 0.582. The van der Waals surface area contributed by atoms with Crippen molar-refractivity contribution >= 4 is 5.97 Å². The number of nitriles is 1. The summed E-state index contributed by atoms with van der Waals surface area (Å²) in [5, 5.41) is 12.9. The third kappa shape index (κ3) is 4.02. The zero-order valence-corrected chi connectivity index (χ0v) is 19.4. The Labute approximate surface area is 197 Å². The van der Waals surface area contributed by atoms with Crippen molar-refractivity contribution in [2.24, 2.45) is 0 Å². The molecule has 34 heavy (non-hydrogen) atoms. The van der Waals surface area contributed by atoms with Crippen molar-refractivity contribution in [1.29, 1.82) is 5.26 Å². The molecule has 2 aromatic heterocycles. The Morgan fingerprint density at radius 3 is 2.97 bits per heavy atom. The van der Waals surface area contributed by atoms with Gasteiger partial charge in [0.2, 0.25) is 0 Å². The minimum absolute atomic E-state index is 0.149. The monoisotopic (exact) mass is 458 g/mol. The number of pyridine rings is 1. The standard InChI is InChI=1S/C25H26N6O3/c1-15-9-30(12-22(29-15)19-4-5-20-21(16(19)2)13-34-25(20)32)10-18-11-31(14-28-18)24-6-23(33-3)17(7-26)8-27-24/h4-6,8,11,14-15,22,29H,9-10,12-13H2,1-3H3/t15-,22-/m0/s1. The van der Waals surface area contributed by atoms with E-state index in [4.69, 9.17) is 9.47 Å². The first-order valence-electron chi connectivity index (χ1n) is 11.2. The number of imidazole rings is 1. The second-order valence-electron chi connectivity index (χ2n) is 8.82. The molecular formula is C25H26N6O3. The molecule has 1 aromatic carbocycles. The van der Waals surface area contributed by atoms with Gasteiger partial charge in [-0.05, 0) is 31.0 Å². The maximum absolute atomic E-state index is 11.9. The molecule has 2 atom stereocenters. The minimum atomic E-state index is -0.235. The summed E-state index contributed by atoms with van der Waals surface area (Å²) in [5.74, 6) is 0.895. The van der Waals surface area contributed by atoms with Crippen LogP contribution >= 0.6 is 0 Å². The molecule has 1 saturated heterocycles. The number of carbonyl (C=O) groups is 1. The summed E-state index contributed by atoms with van der Waals surface area (Å²) < 4.78 is 12.4. The van der Waals surface area contributed by atoms with E-state index in [1.165, 1.54) is 18.9 Å². The first-order chi connectivity index (χ1) is 16.5. The Hall–Kier alpha value is -3.74. The molecular weight excluding hydrogens is 432 g/mol. The molecule has 0 unspecified atom stereocenters. The second-order valence-corrected chi connectivity index (χ2v) is 8.82. The van der Waals surface area contributed by atoms with Crippen LogP contribution in [0.3, 0.4) is 0 Å². The lowest BCUT2D eigenvalue weighted by Gasteiger charge is -2.38. The molecule has 0 radical (unpaired) electrons. The molecule has 0 aliphatic carbocycles. The van der Waals surface area contributed by atoms with Crippen LogP contribution in [-0.4, -0.2) is 51.6 Å². The SMILES string of the molecule is COc1cc(-n2cnc(CN3C[C@@H](c4ccc5c(c4C)COC5=O)N[C@@H](C)C3)c2)ncc1C#N. The van der Waals surface area contributed by atoms with Gasteiger partial charge in [-0.3, -0.25) is 9.47 Å². The van der Waals surface area contributed by atoms with Gasteiger partial charge in [0.25, 0.3) is 0 Å². The topological polar surface area (TPSA) is 105 Å². The highest BCUT2D eigenvalue weighted by atomic mass is 16.5. The summed E-state index contributed by atoms with van der Waals surface area (Å²) in [5.41, 5.74) is 5.33. The van der Waals surface area contributed by atoms with Crippen LogP contribution in [0, 0.1) is 18.3 Å². The molecule has 0 bridgehead atoms. The van der Waals surface area contributed by atoms with E-state index < -0.39 is 0 Å². The number of rotatable bonds is 5. The van der Waals surface area contributed by atoms with Crippen molar-refractivity contribution in [3.05, 3.63) is 70.4 Å². The summed E-state index contributed by atoms with van der Waals surface area (Å²) in [6.45, 7) is 7.04. The molecule has 2 aliphatic heterocycles. The predicted molar refractivity (Wildman–Crippen MR) is 124 cm³/mol. The molecule has 2 aliphatic rings. The second kappa shape index (κ2) is 8.89. The lowest BCUT2D eigenvalue weighted by atomic mass is 9.92. The number of nitrogens with zero attached hydrogens (tertiary/aromatic N) is 5. The Morgan fingerprint density at radius 2 is 2.18 bits per heavy atom. The maximum atomic E-state index is 11.9. The summed E-state index contributed by atoms with van der Waals surface area (Å²) >= 11 is 0. The van der Waals surface area contributed by atoms with Crippen molar-refractivity contribution in [3.63, 3.8) is 0 Å². The minimum Gasteiger partial charge on any atom is -0.495 e. The Kier molecular flexibility index (Phi) is 5.77. The van der Waals surface area contributed by atoms with Gasteiger partial charge in [-0.25, -0.2) is 14.8 Å². The zero-order chi connectivity index (χ0) is 23.8. The fraction of sp³-hybridized carbons (Fsp3) is 0.360. The van der Waals surface area contributed by atoms with Gasteiger partial charge in [0.1, 0.15) is 36.1 Å². The highest BCUT2D eigenvalue weighted by molar-refractivity contribution is 5.94. The summed E-state index contributed by atoms with van der Waals surface area (Å²) in [4.78, 5) is 23.2. The molecule has 1 fully saturated rings. The van der Waals surface area contributed by atoms with Crippen LogP contribution in [0.4, 0.5) is 0 Å². The predicted octanol–water partition coefficient (Wildman–Crippen LogP) is 2.66. The molecule has 3 aromatic rings. The van der Waals surface area contributed by atoms with Gasteiger partial charge >= 0.3 is 5.97 Å². The van der Waals surface area contributed by atoms with Gasteiger partial charge in [-0.15, -0.1) is 0 Å². The van der Waals surface area contributed by atoms with E-state index in [0.717, 1.165) is 29.9 Å². The number of ether oxygens (including phenoxy) is 2. The van der Waals surface area contributed by atoms with E-state index in [9.17, 15) is 10.1 Å². The van der Waals surface area contributed by atoms with Crippen LogP contribution in [0.15, 0.2) is 36.9 Å². The maximum Gasteiger partial charge on any atom is 0.338 e. The summed E-state index contributed by atoms with van der Waals surface area (Å²) in [6.07, 6.45) is 5.20. The number of benzene rings is 1. The number of piperazine rings is 1. The summed E-state index contributed by atoms with van der Waals surface area (Å²) in [7, 11) is 1.54. The van der Waals surface area contributed by atoms with Gasteiger partial charge in [0.15, 0.2) is 0 Å². The molecule has 9 nitrogen and oxygen atoms in total. The van der Waals surface area contributed by atoms with Gasteiger partial charge in [0.05, 0.1) is 24.6 Å². The molecule has 174 valence electrons. The van der Waals surface area contributed by atoms with Crippen molar-refractivity contribution in [2.45, 2.75) is 39.1 Å². The molecule has 0 amide bonds. The Morgan fingerprint density at radius 1 is 1.32 bits per heavy atom. The van der Waals surface area contributed by atoms with E-state index in [2.05, 4.69) is 40.1 Å². The van der Waals surface area contributed by atoms with Gasteiger partial charge < -0.3 is 14.8 Å². The highest BCUT2D eigenvalue weighted by Crippen LogP contribution is 2.31. The van der Waals surface area contributed by atoms with Crippen LogP contribution in [0.25, 0.3) is 5.82 Å². The van der Waals surface area contributed by atoms with E-state index in [1.807, 2.05) is 22.9 Å². The molecule has 1 N–H and O–H groups in total. The van der Waals surface area contributed by atoms with Crippen molar-refractivity contribution < 1.29 is 14.3 Å². The van der Waals surface area contributed by atoms with Crippen LogP contribution in [-0.2, 0) is 17.9 Å². The zero-order valence-electron chi connectivity index (χ0n) is 19.4. The third-order valence-corrected chi connectivity index (χ3v) is 6.52. The van der Waals surface area contributed by atoms with E-state index in [0.29, 0.717) is 41.9 Å². The number of methoxy groups -OCH3 is 1. The van der Waals surface area contributed by atoms with E-state index in [1.54, 1.807) is 12.4 Å². The first kappa shape index (κ1) is 22.1. The van der Waals surface area contributed by atoms with E-state index >= 15 is 0 Å². The fourth-order valence-electron chi connectivity index (χ4n) is 4.85. The highest BCUT2D eigenvalue weighted by Gasteiger charge is 2.30. The van der Waals surface area contributed by atoms with E-state index in [-0.39, 0.29) is 12.0 Å². The number of fused-ring (bicyclic) bond motifs is 1. The number of hydrogen-bond acceptors (Lipinski definition) is 8. The fourth-order valence-corrected chi connectivity index (χ4v) is 4.85. The van der Waals surface area contributed by atoms with Crippen LogP contribution in [0.5, 0.6) is 5.75 Å². The lowest BCUT2D eigenvalue weighted by Crippen LogP contribution is -2.50. The Bertz CT molecular complexity index is 1290. The van der Waals surface area contributed by atoms with Crippen LogP contribution < -0.4 is 10.1 Å². The average Bonchev–Trinajstić information content (AvgIpc) is 3.45. The van der Waals surface area contributed by atoms with Crippen molar-refractivity contribution in [2.75, 3.05) is 20.2 Å². The normalized spacial score (nSPS) is 20.0. The lowest BCUT2D eigenvalue weighted by molar-refractivity contribution is 0.0535. The number of esters is 1. The first-order valence-corrected chi connectivity index (χ1v) is 11.2. The average molecular weight is 459 g/mol. The van der Waals surface area contributed by atoms with Gasteiger partial charge in [0, 0.05) is 49.5 Å². The van der Waals surface area contributed by atoms with Crippen LogP contribution in [0.1, 0.15) is 51.3 Å². The van der Waals surface area contributed by atoms with Crippen molar-refractivity contribution in [1.82, 2.24) is 24.8 Å². The molecule has 0 saturated carbocycles. The largest absolute Gasteiger partial charge is 0.495 e. The molecule has 4 heterocycles. The Balaban J connectivity index is 1.33. The van der Waals surface area contributed by atoms with Crippen LogP contribution in [0.2, 0.25) is 0 Å².